The van der Waals surface area contributed by atoms with Gasteiger partial charge < -0.3 is 19.2 Å². The number of anilines is 1. The predicted molar refractivity (Wildman–Crippen MR) is 132 cm³/mol. The lowest BCUT2D eigenvalue weighted by Crippen LogP contribution is -2.39. The monoisotopic (exact) mass is 461 g/mol. The van der Waals surface area contributed by atoms with E-state index in [2.05, 4.69) is 9.97 Å². The standard InChI is InChI=1S/C27H31N3O4/c1-17(2)14-23(33-16-19-10-6-5-7-11-19)26(32)30(4)27-29-25(31)24(34-27)18(3)21-15-28-22-13-9-8-12-20(21)22/h5-13,15,17-18,23,28,31H,14,16H2,1-4H3/t18-,23?/m1/s1. The second-order valence-electron chi connectivity index (χ2n) is 9.01. The van der Waals surface area contributed by atoms with Gasteiger partial charge in [0.15, 0.2) is 5.76 Å². The summed E-state index contributed by atoms with van der Waals surface area (Å²) in [5.74, 6) is -0.185. The van der Waals surface area contributed by atoms with Crippen LogP contribution in [0.1, 0.15) is 50.0 Å². The molecule has 0 spiro atoms. The number of para-hydroxylation sites is 1. The van der Waals surface area contributed by atoms with Gasteiger partial charge >= 0.3 is 6.01 Å². The van der Waals surface area contributed by atoms with Gasteiger partial charge in [0.2, 0.25) is 0 Å². The number of benzene rings is 2. The van der Waals surface area contributed by atoms with Gasteiger partial charge in [0.1, 0.15) is 6.10 Å². The molecule has 4 aromatic rings. The number of ether oxygens (including phenoxy) is 1. The topological polar surface area (TPSA) is 91.6 Å². The molecule has 2 aromatic heterocycles. The second-order valence-corrected chi connectivity index (χ2v) is 9.01. The van der Waals surface area contributed by atoms with Gasteiger partial charge in [-0.3, -0.25) is 9.69 Å². The number of carbonyl (C=O) groups excluding carboxylic acids is 1. The molecule has 2 atom stereocenters. The fourth-order valence-electron chi connectivity index (χ4n) is 4.08. The first-order valence-corrected chi connectivity index (χ1v) is 11.5. The summed E-state index contributed by atoms with van der Waals surface area (Å²) in [6.07, 6.45) is 1.80. The SMILES string of the molecule is CC(C)CC(OCc1ccccc1)C(=O)N(C)c1nc(O)c([C@H](C)c2c[nH]c3ccccc23)o1. The number of carbonyl (C=O) groups is 1. The molecule has 0 fully saturated rings. The van der Waals surface area contributed by atoms with E-state index in [1.165, 1.54) is 4.90 Å². The minimum absolute atomic E-state index is 0.0428. The summed E-state index contributed by atoms with van der Waals surface area (Å²) in [6, 6.07) is 17.7. The Hall–Kier alpha value is -3.58. The molecule has 0 saturated carbocycles. The Balaban J connectivity index is 1.53. The number of aromatic hydroxyl groups is 1. The van der Waals surface area contributed by atoms with E-state index < -0.39 is 6.10 Å². The van der Waals surface area contributed by atoms with Gasteiger partial charge in [0, 0.05) is 30.1 Å². The number of H-pyrrole nitrogens is 1. The summed E-state index contributed by atoms with van der Waals surface area (Å²) in [5, 5.41) is 11.6. The molecular formula is C27H31N3O4. The average molecular weight is 462 g/mol. The predicted octanol–water partition coefficient (Wildman–Crippen LogP) is 5.61. The molecule has 4 rings (SSSR count). The summed E-state index contributed by atoms with van der Waals surface area (Å²) in [5.41, 5.74) is 2.98. The Kier molecular flexibility index (Phi) is 7.03. The molecule has 178 valence electrons. The number of amides is 1. The maximum absolute atomic E-state index is 13.3. The number of fused-ring (bicyclic) bond motifs is 1. The lowest BCUT2D eigenvalue weighted by molar-refractivity contribution is -0.131. The van der Waals surface area contributed by atoms with E-state index in [-0.39, 0.29) is 29.6 Å². The van der Waals surface area contributed by atoms with E-state index in [9.17, 15) is 9.90 Å². The summed E-state index contributed by atoms with van der Waals surface area (Å²) < 4.78 is 11.9. The third-order valence-corrected chi connectivity index (χ3v) is 5.98. The summed E-state index contributed by atoms with van der Waals surface area (Å²) >= 11 is 0. The van der Waals surface area contributed by atoms with Crippen LogP contribution in [-0.4, -0.2) is 34.1 Å². The molecule has 0 radical (unpaired) electrons. The van der Waals surface area contributed by atoms with Crippen molar-refractivity contribution in [1.82, 2.24) is 9.97 Å². The average Bonchev–Trinajstić information content (AvgIpc) is 3.44. The highest BCUT2D eigenvalue weighted by atomic mass is 16.5. The van der Waals surface area contributed by atoms with Crippen molar-refractivity contribution in [3.63, 3.8) is 0 Å². The number of rotatable bonds is 9. The first-order chi connectivity index (χ1) is 16.3. The van der Waals surface area contributed by atoms with Gasteiger partial charge in [-0.05, 0) is 29.5 Å². The van der Waals surface area contributed by atoms with Gasteiger partial charge in [-0.15, -0.1) is 0 Å². The van der Waals surface area contributed by atoms with E-state index in [0.29, 0.717) is 18.8 Å². The van der Waals surface area contributed by atoms with Crippen LogP contribution in [0, 0.1) is 5.92 Å². The van der Waals surface area contributed by atoms with Crippen LogP contribution in [-0.2, 0) is 16.1 Å². The van der Waals surface area contributed by atoms with Crippen LogP contribution in [0.4, 0.5) is 6.01 Å². The van der Waals surface area contributed by atoms with Crippen LogP contribution in [0.2, 0.25) is 0 Å². The number of oxazole rings is 1. The number of likely N-dealkylation sites (N-methyl/N-ethyl adjacent to an activating group) is 1. The summed E-state index contributed by atoms with van der Waals surface area (Å²) in [6.45, 7) is 6.36. The van der Waals surface area contributed by atoms with Crippen LogP contribution >= 0.6 is 0 Å². The number of aromatic nitrogens is 2. The van der Waals surface area contributed by atoms with Gasteiger partial charge in [-0.2, -0.15) is 4.98 Å². The Morgan fingerprint density at radius 1 is 1.12 bits per heavy atom. The molecule has 0 aliphatic rings. The number of aromatic amines is 1. The van der Waals surface area contributed by atoms with Gasteiger partial charge in [0.05, 0.1) is 6.61 Å². The molecule has 2 aromatic carbocycles. The molecule has 1 unspecified atom stereocenters. The first kappa shape index (κ1) is 23.6. The minimum atomic E-state index is -0.659. The second kappa shape index (κ2) is 10.1. The van der Waals surface area contributed by atoms with Crippen molar-refractivity contribution >= 4 is 22.8 Å². The van der Waals surface area contributed by atoms with Gasteiger partial charge in [0.25, 0.3) is 11.8 Å². The highest BCUT2D eigenvalue weighted by molar-refractivity contribution is 5.94. The third-order valence-electron chi connectivity index (χ3n) is 5.98. The zero-order chi connectivity index (χ0) is 24.2. The number of nitrogens with one attached hydrogen (secondary N) is 1. The zero-order valence-corrected chi connectivity index (χ0v) is 20.0. The molecule has 0 saturated heterocycles. The summed E-state index contributed by atoms with van der Waals surface area (Å²) in [4.78, 5) is 22.0. The Morgan fingerprint density at radius 2 is 1.82 bits per heavy atom. The van der Waals surface area contributed by atoms with Crippen molar-refractivity contribution in [2.45, 2.75) is 45.8 Å². The lowest BCUT2D eigenvalue weighted by Gasteiger charge is -2.23. The van der Waals surface area contributed by atoms with Crippen LogP contribution in [0.15, 0.2) is 65.2 Å². The lowest BCUT2D eigenvalue weighted by atomic mass is 9.98. The van der Waals surface area contributed by atoms with Crippen LogP contribution < -0.4 is 4.90 Å². The molecule has 0 aliphatic heterocycles. The van der Waals surface area contributed by atoms with E-state index in [1.807, 2.05) is 81.6 Å². The van der Waals surface area contributed by atoms with Gasteiger partial charge in [-0.25, -0.2) is 0 Å². The Bertz CT molecular complexity index is 1250. The van der Waals surface area contributed by atoms with E-state index in [4.69, 9.17) is 9.15 Å². The molecule has 2 heterocycles. The molecule has 2 N–H and O–H groups in total. The van der Waals surface area contributed by atoms with Crippen LogP contribution in [0.3, 0.4) is 0 Å². The molecule has 7 heteroatoms. The number of nitrogens with zero attached hydrogens (tertiary/aromatic N) is 2. The number of hydrogen-bond acceptors (Lipinski definition) is 5. The molecule has 0 bridgehead atoms. The van der Waals surface area contributed by atoms with Crippen LogP contribution in [0.5, 0.6) is 5.88 Å². The molecule has 34 heavy (non-hydrogen) atoms. The maximum atomic E-state index is 13.3. The minimum Gasteiger partial charge on any atom is -0.491 e. The Labute approximate surface area is 199 Å². The normalized spacial score (nSPS) is 13.3. The Morgan fingerprint density at radius 3 is 2.56 bits per heavy atom. The van der Waals surface area contributed by atoms with E-state index >= 15 is 0 Å². The van der Waals surface area contributed by atoms with Crippen molar-refractivity contribution in [3.8, 4) is 5.88 Å². The maximum Gasteiger partial charge on any atom is 0.307 e. The van der Waals surface area contributed by atoms with Crippen molar-refractivity contribution in [2.24, 2.45) is 5.92 Å². The largest absolute Gasteiger partial charge is 0.491 e. The van der Waals surface area contributed by atoms with Gasteiger partial charge in [-0.1, -0.05) is 69.3 Å². The molecule has 1 amide bonds. The first-order valence-electron chi connectivity index (χ1n) is 11.5. The molecular weight excluding hydrogens is 430 g/mol. The molecule has 7 nitrogen and oxygen atoms in total. The summed E-state index contributed by atoms with van der Waals surface area (Å²) in [7, 11) is 1.59. The van der Waals surface area contributed by atoms with Crippen LogP contribution in [0.25, 0.3) is 10.9 Å². The van der Waals surface area contributed by atoms with Crippen molar-refractivity contribution in [1.29, 1.82) is 0 Å². The smallest absolute Gasteiger partial charge is 0.307 e. The quantitative estimate of drug-likeness (QED) is 0.338. The third kappa shape index (κ3) is 4.99. The fourth-order valence-corrected chi connectivity index (χ4v) is 4.08. The van der Waals surface area contributed by atoms with Crippen molar-refractivity contribution in [2.75, 3.05) is 11.9 Å². The van der Waals surface area contributed by atoms with Crippen molar-refractivity contribution in [3.05, 3.63) is 77.7 Å². The zero-order valence-electron chi connectivity index (χ0n) is 20.0. The van der Waals surface area contributed by atoms with Crippen molar-refractivity contribution < 1.29 is 19.1 Å². The fraction of sp³-hybridized carbons (Fsp3) is 0.333. The molecule has 0 aliphatic carbocycles. The highest BCUT2D eigenvalue weighted by Gasteiger charge is 2.30. The highest BCUT2D eigenvalue weighted by Crippen LogP contribution is 2.37. The number of hydrogen-bond donors (Lipinski definition) is 2. The van der Waals surface area contributed by atoms with E-state index in [1.54, 1.807) is 7.05 Å². The van der Waals surface area contributed by atoms with E-state index in [0.717, 1.165) is 22.0 Å².